The molecule has 1 fully saturated rings. The van der Waals surface area contributed by atoms with Crippen molar-refractivity contribution >= 4 is 0 Å². The summed E-state index contributed by atoms with van der Waals surface area (Å²) in [6.07, 6.45) is 3.34. The first-order valence-electron chi connectivity index (χ1n) is 5.38. The van der Waals surface area contributed by atoms with Gasteiger partial charge in [-0.1, -0.05) is 0 Å². The van der Waals surface area contributed by atoms with Gasteiger partial charge in [0.25, 0.3) is 0 Å². The molecular weight excluding hydrogens is 164 g/mol. The van der Waals surface area contributed by atoms with Crippen molar-refractivity contribution in [2.45, 2.75) is 32.3 Å². The lowest BCUT2D eigenvalue weighted by molar-refractivity contribution is 0.182. The van der Waals surface area contributed by atoms with Crippen LogP contribution < -0.4 is 10.6 Å². The van der Waals surface area contributed by atoms with E-state index in [9.17, 15) is 0 Å². The molecule has 1 aliphatic rings. The van der Waals surface area contributed by atoms with Crippen molar-refractivity contribution in [2.75, 3.05) is 26.2 Å². The third-order valence-corrected chi connectivity index (χ3v) is 2.57. The first-order valence-corrected chi connectivity index (χ1v) is 5.38. The highest BCUT2D eigenvalue weighted by Gasteiger charge is 2.11. The molecule has 0 aromatic rings. The summed E-state index contributed by atoms with van der Waals surface area (Å²) in [7, 11) is 0. The van der Waals surface area contributed by atoms with Gasteiger partial charge in [-0.3, -0.25) is 0 Å². The minimum Gasteiger partial charge on any atom is -0.393 e. The quantitative estimate of drug-likeness (QED) is 0.543. The van der Waals surface area contributed by atoms with Gasteiger partial charge in [-0.15, -0.1) is 0 Å². The van der Waals surface area contributed by atoms with E-state index in [1.54, 1.807) is 0 Å². The van der Waals surface area contributed by atoms with Crippen LogP contribution >= 0.6 is 0 Å². The molecule has 0 radical (unpaired) electrons. The fourth-order valence-corrected chi connectivity index (χ4v) is 1.72. The minimum absolute atomic E-state index is 0.169. The van der Waals surface area contributed by atoms with Gasteiger partial charge in [-0.05, 0) is 58.3 Å². The molecule has 0 aromatic carbocycles. The zero-order chi connectivity index (χ0) is 9.52. The van der Waals surface area contributed by atoms with E-state index in [1.807, 2.05) is 6.92 Å². The van der Waals surface area contributed by atoms with Crippen LogP contribution in [0.1, 0.15) is 26.2 Å². The second-order valence-corrected chi connectivity index (χ2v) is 4.05. The Morgan fingerprint density at radius 1 is 1.62 bits per heavy atom. The Labute approximate surface area is 80.9 Å². The summed E-state index contributed by atoms with van der Waals surface area (Å²) in [5.74, 6) is 0.794. The van der Waals surface area contributed by atoms with Crippen LogP contribution in [0.4, 0.5) is 0 Å². The maximum Gasteiger partial charge on any atom is 0.0524 e. The van der Waals surface area contributed by atoms with Crippen molar-refractivity contribution < 1.29 is 5.11 Å². The first kappa shape index (κ1) is 11.0. The number of nitrogens with one attached hydrogen (secondary N) is 2. The van der Waals surface area contributed by atoms with Crippen LogP contribution in [0.15, 0.2) is 0 Å². The van der Waals surface area contributed by atoms with E-state index in [2.05, 4.69) is 10.6 Å². The molecule has 0 saturated carbocycles. The number of aliphatic hydroxyl groups excluding tert-OH is 1. The molecule has 2 unspecified atom stereocenters. The van der Waals surface area contributed by atoms with Gasteiger partial charge in [0.05, 0.1) is 6.10 Å². The van der Waals surface area contributed by atoms with Crippen molar-refractivity contribution in [2.24, 2.45) is 5.92 Å². The summed E-state index contributed by atoms with van der Waals surface area (Å²) in [5, 5.41) is 15.8. The number of hydrogen-bond acceptors (Lipinski definition) is 3. The molecule has 0 amide bonds. The minimum atomic E-state index is -0.169. The molecule has 2 atom stereocenters. The molecule has 1 heterocycles. The van der Waals surface area contributed by atoms with E-state index < -0.39 is 0 Å². The largest absolute Gasteiger partial charge is 0.393 e. The molecule has 0 aromatic heterocycles. The van der Waals surface area contributed by atoms with Crippen molar-refractivity contribution in [3.8, 4) is 0 Å². The Hall–Kier alpha value is -0.120. The number of hydrogen-bond donors (Lipinski definition) is 3. The van der Waals surface area contributed by atoms with E-state index >= 15 is 0 Å². The number of aliphatic hydroxyl groups is 1. The van der Waals surface area contributed by atoms with Crippen LogP contribution in [0, 0.1) is 5.92 Å². The first-order chi connectivity index (χ1) is 6.29. The molecule has 3 N–H and O–H groups in total. The number of piperidine rings is 1. The SMILES string of the molecule is CC(O)CCNCC1CCCNC1. The van der Waals surface area contributed by atoms with Gasteiger partial charge in [-0.25, -0.2) is 0 Å². The van der Waals surface area contributed by atoms with Crippen LogP contribution in [-0.2, 0) is 0 Å². The summed E-state index contributed by atoms with van der Waals surface area (Å²) in [5.41, 5.74) is 0. The molecule has 0 aliphatic carbocycles. The van der Waals surface area contributed by atoms with Crippen molar-refractivity contribution in [1.29, 1.82) is 0 Å². The lowest BCUT2D eigenvalue weighted by Gasteiger charge is -2.23. The summed E-state index contributed by atoms with van der Waals surface area (Å²) in [6.45, 7) is 6.21. The molecule has 0 bridgehead atoms. The third kappa shape index (κ3) is 5.24. The molecule has 0 spiro atoms. The van der Waals surface area contributed by atoms with Crippen molar-refractivity contribution in [3.05, 3.63) is 0 Å². The predicted octanol–water partition coefficient (Wildman–Crippen LogP) is 0.346. The molecule has 1 aliphatic heterocycles. The Balaban J connectivity index is 1.92. The van der Waals surface area contributed by atoms with E-state index in [0.29, 0.717) is 0 Å². The molecule has 3 nitrogen and oxygen atoms in total. The van der Waals surface area contributed by atoms with Crippen LogP contribution in [-0.4, -0.2) is 37.4 Å². The van der Waals surface area contributed by atoms with Crippen molar-refractivity contribution in [1.82, 2.24) is 10.6 Å². The summed E-state index contributed by atoms with van der Waals surface area (Å²) in [4.78, 5) is 0. The van der Waals surface area contributed by atoms with E-state index in [4.69, 9.17) is 5.11 Å². The zero-order valence-electron chi connectivity index (χ0n) is 8.55. The third-order valence-electron chi connectivity index (χ3n) is 2.57. The summed E-state index contributed by atoms with van der Waals surface area (Å²) >= 11 is 0. The molecule has 1 saturated heterocycles. The van der Waals surface area contributed by atoms with Crippen LogP contribution in [0.2, 0.25) is 0 Å². The highest BCUT2D eigenvalue weighted by atomic mass is 16.3. The molecular formula is C10H22N2O. The van der Waals surface area contributed by atoms with Gasteiger partial charge in [0.2, 0.25) is 0 Å². The Bertz CT molecular complexity index is 122. The normalized spacial score (nSPS) is 25.8. The maximum atomic E-state index is 9.04. The lowest BCUT2D eigenvalue weighted by atomic mass is 10.00. The molecule has 3 heteroatoms. The average molecular weight is 186 g/mol. The predicted molar refractivity (Wildman–Crippen MR) is 54.8 cm³/mol. The maximum absolute atomic E-state index is 9.04. The smallest absolute Gasteiger partial charge is 0.0524 e. The second-order valence-electron chi connectivity index (χ2n) is 4.05. The number of rotatable bonds is 5. The fourth-order valence-electron chi connectivity index (χ4n) is 1.72. The van der Waals surface area contributed by atoms with Gasteiger partial charge in [0.1, 0.15) is 0 Å². The zero-order valence-corrected chi connectivity index (χ0v) is 8.55. The molecule has 1 rings (SSSR count). The lowest BCUT2D eigenvalue weighted by Crippen LogP contribution is -2.36. The van der Waals surface area contributed by atoms with Gasteiger partial charge in [0.15, 0.2) is 0 Å². The summed E-state index contributed by atoms with van der Waals surface area (Å²) < 4.78 is 0. The van der Waals surface area contributed by atoms with Crippen LogP contribution in [0.25, 0.3) is 0 Å². The topological polar surface area (TPSA) is 44.3 Å². The monoisotopic (exact) mass is 186 g/mol. The Kier molecular flexibility index (Phi) is 5.35. The fraction of sp³-hybridized carbons (Fsp3) is 1.00. The van der Waals surface area contributed by atoms with E-state index in [-0.39, 0.29) is 6.10 Å². The Morgan fingerprint density at radius 3 is 3.08 bits per heavy atom. The van der Waals surface area contributed by atoms with Gasteiger partial charge < -0.3 is 15.7 Å². The van der Waals surface area contributed by atoms with Gasteiger partial charge >= 0.3 is 0 Å². The second kappa shape index (κ2) is 6.35. The van der Waals surface area contributed by atoms with E-state index in [1.165, 1.54) is 19.4 Å². The van der Waals surface area contributed by atoms with Crippen LogP contribution in [0.5, 0.6) is 0 Å². The standard InChI is InChI=1S/C10H22N2O/c1-9(13)4-6-12-8-10-3-2-5-11-7-10/h9-13H,2-8H2,1H3. The highest BCUT2D eigenvalue weighted by Crippen LogP contribution is 2.07. The Morgan fingerprint density at radius 2 is 2.46 bits per heavy atom. The molecule has 13 heavy (non-hydrogen) atoms. The van der Waals surface area contributed by atoms with Crippen molar-refractivity contribution in [3.63, 3.8) is 0 Å². The molecule has 78 valence electrons. The van der Waals surface area contributed by atoms with E-state index in [0.717, 1.165) is 32.0 Å². The van der Waals surface area contributed by atoms with Gasteiger partial charge in [0, 0.05) is 0 Å². The van der Waals surface area contributed by atoms with Gasteiger partial charge in [-0.2, -0.15) is 0 Å². The van der Waals surface area contributed by atoms with Crippen LogP contribution in [0.3, 0.4) is 0 Å². The highest BCUT2D eigenvalue weighted by molar-refractivity contribution is 4.70. The average Bonchev–Trinajstić information content (AvgIpc) is 2.14. The summed E-state index contributed by atoms with van der Waals surface area (Å²) in [6, 6.07) is 0.